The molecule has 0 fully saturated rings. The lowest BCUT2D eigenvalue weighted by Crippen LogP contribution is -2.43. The zero-order valence-corrected chi connectivity index (χ0v) is 16.7. The molecule has 0 spiro atoms. The number of para-hydroxylation sites is 1. The number of carbonyl (C=O) groups excluding carboxylic acids is 2. The molecule has 1 N–H and O–H groups in total. The highest BCUT2D eigenvalue weighted by atomic mass is 79.9. The van der Waals surface area contributed by atoms with Crippen molar-refractivity contribution >= 4 is 33.6 Å². The van der Waals surface area contributed by atoms with E-state index in [9.17, 15) is 31.5 Å². The number of anilines is 1. The number of hydrogen-bond acceptors (Lipinski definition) is 4. The van der Waals surface area contributed by atoms with E-state index in [1.807, 2.05) is 5.32 Å². The van der Waals surface area contributed by atoms with Gasteiger partial charge in [-0.1, -0.05) is 18.2 Å². The first-order chi connectivity index (χ1) is 14.0. The average Bonchev–Trinajstić information content (AvgIpc) is 2.69. The van der Waals surface area contributed by atoms with Crippen LogP contribution in [0, 0.1) is 0 Å². The van der Waals surface area contributed by atoms with Gasteiger partial charge in [0.1, 0.15) is 0 Å². The van der Waals surface area contributed by atoms with Gasteiger partial charge in [-0.2, -0.15) is 22.0 Å². The number of hydrogen-bond donors (Lipinski definition) is 1. The molecule has 0 aliphatic rings. The highest BCUT2D eigenvalue weighted by molar-refractivity contribution is 9.10. The topological polar surface area (TPSA) is 71.5 Å². The van der Waals surface area contributed by atoms with Gasteiger partial charge in [0.05, 0.1) is 5.56 Å². The fourth-order valence-electron chi connectivity index (χ4n) is 2.20. The Labute approximate surface area is 176 Å². The molecule has 30 heavy (non-hydrogen) atoms. The molecule has 0 radical (unpaired) electrons. The van der Waals surface area contributed by atoms with E-state index in [0.29, 0.717) is 10.2 Å². The number of nitrogens with one attached hydrogen (secondary N) is 1. The molecule has 0 saturated carbocycles. The molecular formula is C18H15BrF5N3O3. The van der Waals surface area contributed by atoms with Gasteiger partial charge in [-0.3, -0.25) is 9.78 Å². The third-order valence-corrected chi connectivity index (χ3v) is 4.10. The number of nitrogens with zero attached hydrogens (tertiary/aromatic N) is 2. The molecule has 2 amide bonds. The van der Waals surface area contributed by atoms with Crippen molar-refractivity contribution in [1.29, 1.82) is 0 Å². The van der Waals surface area contributed by atoms with Crippen LogP contribution in [0.2, 0.25) is 0 Å². The van der Waals surface area contributed by atoms with E-state index in [2.05, 4.69) is 25.7 Å². The molecule has 0 saturated heterocycles. The van der Waals surface area contributed by atoms with E-state index in [0.717, 1.165) is 0 Å². The van der Waals surface area contributed by atoms with Gasteiger partial charge in [0, 0.05) is 35.6 Å². The molecule has 0 atom stereocenters. The Hall–Kier alpha value is -2.76. The molecule has 1 heterocycles. The minimum absolute atomic E-state index is 0.111. The Balaban J connectivity index is 2.00. The quantitative estimate of drug-likeness (QED) is 0.577. The number of pyridine rings is 1. The zero-order valence-electron chi connectivity index (χ0n) is 15.1. The molecule has 2 rings (SSSR count). The highest BCUT2D eigenvalue weighted by Gasteiger charge is 2.58. The second-order valence-corrected chi connectivity index (χ2v) is 6.80. The Morgan fingerprint density at radius 2 is 1.77 bits per heavy atom. The molecule has 0 aliphatic heterocycles. The van der Waals surface area contributed by atoms with Crippen molar-refractivity contribution in [2.24, 2.45) is 0 Å². The summed E-state index contributed by atoms with van der Waals surface area (Å²) in [7, 11) is 0. The monoisotopic (exact) mass is 495 g/mol. The van der Waals surface area contributed by atoms with Crippen LogP contribution < -0.4 is 10.2 Å². The van der Waals surface area contributed by atoms with Crippen LogP contribution in [-0.2, 0) is 4.74 Å². The largest absolute Gasteiger partial charge is 0.456 e. The van der Waals surface area contributed by atoms with Crippen LogP contribution in [0.4, 0.5) is 32.4 Å². The molecule has 1 aromatic carbocycles. The summed E-state index contributed by atoms with van der Waals surface area (Å²) >= 11 is 3.21. The lowest BCUT2D eigenvalue weighted by Gasteiger charge is -2.23. The number of amides is 2. The van der Waals surface area contributed by atoms with Gasteiger partial charge in [0.15, 0.2) is 6.61 Å². The lowest BCUT2D eigenvalue weighted by atomic mass is 10.2. The lowest BCUT2D eigenvalue weighted by molar-refractivity contribution is -0.292. The highest BCUT2D eigenvalue weighted by Crippen LogP contribution is 2.35. The smallest absolute Gasteiger partial charge is 0.443 e. The number of aromatic nitrogens is 1. The third kappa shape index (κ3) is 6.37. The zero-order chi connectivity index (χ0) is 22.4. The van der Waals surface area contributed by atoms with Gasteiger partial charge in [-0.25, -0.2) is 4.79 Å². The second-order valence-electron chi connectivity index (χ2n) is 5.89. The van der Waals surface area contributed by atoms with Crippen LogP contribution in [0.3, 0.4) is 0 Å². The summed E-state index contributed by atoms with van der Waals surface area (Å²) in [6, 6.07) is 9.87. The molecule has 162 valence electrons. The number of benzene rings is 1. The first-order valence-electron chi connectivity index (χ1n) is 8.34. The first kappa shape index (κ1) is 23.5. The standard InChI is InChI=1S/C18H15BrF5N3O3/c19-13-8-12(9-25-10-13)15(28)27(14-4-2-1-3-5-14)7-6-26-16(29)30-11-17(20,21)18(22,23)24/h1-5,8-10H,6-7,11H2,(H,26,29). The summed E-state index contributed by atoms with van der Waals surface area (Å²) < 4.78 is 66.4. The summed E-state index contributed by atoms with van der Waals surface area (Å²) in [5.41, 5.74) is 0.710. The SMILES string of the molecule is O=C(NCCN(C(=O)c1cncc(Br)c1)c1ccccc1)OCC(F)(F)C(F)(F)F. The Morgan fingerprint density at radius 1 is 1.10 bits per heavy atom. The summed E-state index contributed by atoms with van der Waals surface area (Å²) in [4.78, 5) is 29.5. The van der Waals surface area contributed by atoms with E-state index in [-0.39, 0.29) is 18.7 Å². The second kappa shape index (κ2) is 9.83. The third-order valence-electron chi connectivity index (χ3n) is 3.67. The molecule has 6 nitrogen and oxygen atoms in total. The van der Waals surface area contributed by atoms with Crippen molar-refractivity contribution in [2.45, 2.75) is 12.1 Å². The normalized spacial score (nSPS) is 11.7. The maximum absolute atomic E-state index is 12.8. The maximum Gasteiger partial charge on any atom is 0.456 e. The van der Waals surface area contributed by atoms with Gasteiger partial charge in [-0.05, 0) is 34.1 Å². The minimum Gasteiger partial charge on any atom is -0.443 e. The van der Waals surface area contributed by atoms with E-state index in [1.165, 1.54) is 23.4 Å². The predicted octanol–water partition coefficient (Wildman–Crippen LogP) is 4.41. The molecule has 2 aromatic rings. The average molecular weight is 496 g/mol. The first-order valence-corrected chi connectivity index (χ1v) is 9.13. The Kier molecular flexibility index (Phi) is 7.71. The molecule has 0 aliphatic carbocycles. The van der Waals surface area contributed by atoms with E-state index in [4.69, 9.17) is 0 Å². The van der Waals surface area contributed by atoms with Crippen molar-refractivity contribution < 1.29 is 36.3 Å². The van der Waals surface area contributed by atoms with Crippen molar-refractivity contribution in [3.63, 3.8) is 0 Å². The van der Waals surface area contributed by atoms with Crippen molar-refractivity contribution in [2.75, 3.05) is 24.6 Å². The number of alkyl halides is 5. The Bertz CT molecular complexity index is 881. The minimum atomic E-state index is -5.83. The van der Waals surface area contributed by atoms with E-state index >= 15 is 0 Å². The summed E-state index contributed by atoms with van der Waals surface area (Å²) in [6.45, 7) is -2.52. The fourth-order valence-corrected chi connectivity index (χ4v) is 2.56. The molecule has 0 bridgehead atoms. The number of carbonyl (C=O) groups is 2. The van der Waals surface area contributed by atoms with Gasteiger partial charge in [-0.15, -0.1) is 0 Å². The maximum atomic E-state index is 12.8. The van der Waals surface area contributed by atoms with E-state index in [1.54, 1.807) is 30.3 Å². The summed E-state index contributed by atoms with van der Waals surface area (Å²) in [5, 5.41) is 2.04. The molecular weight excluding hydrogens is 481 g/mol. The van der Waals surface area contributed by atoms with Gasteiger partial charge in [0.25, 0.3) is 5.91 Å². The van der Waals surface area contributed by atoms with Crippen LogP contribution in [0.15, 0.2) is 53.3 Å². The van der Waals surface area contributed by atoms with Gasteiger partial charge in [0.2, 0.25) is 0 Å². The van der Waals surface area contributed by atoms with E-state index < -0.39 is 30.7 Å². The number of halogens is 6. The summed E-state index contributed by atoms with van der Waals surface area (Å²) in [6.07, 6.45) is -4.48. The fraction of sp³-hybridized carbons (Fsp3) is 0.278. The molecule has 0 unspecified atom stereocenters. The van der Waals surface area contributed by atoms with Crippen LogP contribution >= 0.6 is 15.9 Å². The molecule has 1 aromatic heterocycles. The molecule has 12 heteroatoms. The van der Waals surface area contributed by atoms with Crippen molar-refractivity contribution in [3.8, 4) is 0 Å². The summed E-state index contributed by atoms with van der Waals surface area (Å²) in [5.74, 6) is -5.63. The van der Waals surface area contributed by atoms with Crippen LogP contribution in [0.1, 0.15) is 10.4 Å². The van der Waals surface area contributed by atoms with Crippen LogP contribution in [0.25, 0.3) is 0 Å². The van der Waals surface area contributed by atoms with Crippen molar-refractivity contribution in [3.05, 3.63) is 58.8 Å². The number of ether oxygens (including phenoxy) is 1. The predicted molar refractivity (Wildman–Crippen MR) is 100 cm³/mol. The number of alkyl carbamates (subject to hydrolysis) is 1. The van der Waals surface area contributed by atoms with Crippen LogP contribution in [0.5, 0.6) is 0 Å². The Morgan fingerprint density at radius 3 is 2.37 bits per heavy atom. The van der Waals surface area contributed by atoms with Gasteiger partial charge >= 0.3 is 18.2 Å². The number of rotatable bonds is 7. The van der Waals surface area contributed by atoms with Crippen molar-refractivity contribution in [1.82, 2.24) is 10.3 Å². The van der Waals surface area contributed by atoms with Crippen LogP contribution in [-0.4, -0.2) is 48.8 Å². The van der Waals surface area contributed by atoms with Gasteiger partial charge < -0.3 is 15.0 Å².